The van der Waals surface area contributed by atoms with Gasteiger partial charge in [-0.15, -0.1) is 0 Å². The van der Waals surface area contributed by atoms with Crippen molar-refractivity contribution in [2.45, 2.75) is 19.0 Å². The maximum Gasteiger partial charge on any atom is 0.255 e. The Morgan fingerprint density at radius 1 is 1.03 bits per heavy atom. The molecule has 1 fully saturated rings. The van der Waals surface area contributed by atoms with Gasteiger partial charge in [0.25, 0.3) is 5.91 Å². The molecule has 33 heavy (non-hydrogen) atoms. The average molecular weight is 472 g/mol. The van der Waals surface area contributed by atoms with Crippen LogP contribution in [0.15, 0.2) is 48.5 Å². The van der Waals surface area contributed by atoms with Gasteiger partial charge in [0.2, 0.25) is 5.91 Å². The number of sulfone groups is 1. The monoisotopic (exact) mass is 471 g/mol. The minimum absolute atomic E-state index is 0.0933. The minimum atomic E-state index is -3.28. The summed E-state index contributed by atoms with van der Waals surface area (Å²) in [7, 11) is -1.65. The van der Waals surface area contributed by atoms with Gasteiger partial charge in [0.05, 0.1) is 12.9 Å². The van der Waals surface area contributed by atoms with Gasteiger partial charge in [0.1, 0.15) is 21.6 Å². The zero-order valence-electron chi connectivity index (χ0n) is 18.9. The number of hydrogen-bond donors (Lipinski definition) is 0. The van der Waals surface area contributed by atoms with Crippen molar-refractivity contribution in [2.24, 2.45) is 0 Å². The molecule has 0 aliphatic carbocycles. The zero-order chi connectivity index (χ0) is 23.6. The second-order valence-electron chi connectivity index (χ2n) is 8.53. The molecule has 8 nitrogen and oxygen atoms in total. The van der Waals surface area contributed by atoms with Gasteiger partial charge in [-0.05, 0) is 42.3 Å². The Hall–Kier alpha value is -3.07. The summed E-state index contributed by atoms with van der Waals surface area (Å²) in [6.45, 7) is 2.65. The lowest BCUT2D eigenvalue weighted by atomic mass is 10.1. The fourth-order valence-corrected chi connectivity index (χ4v) is 5.11. The van der Waals surface area contributed by atoms with E-state index in [4.69, 9.17) is 4.74 Å². The first kappa shape index (κ1) is 23.1. The maximum atomic E-state index is 13.5. The smallest absolute Gasteiger partial charge is 0.255 e. The number of fused-ring (bicyclic) bond motifs is 1. The van der Waals surface area contributed by atoms with Gasteiger partial charge in [-0.1, -0.05) is 18.2 Å². The van der Waals surface area contributed by atoms with E-state index in [1.165, 1.54) is 4.90 Å². The number of carbonyl (C=O) groups excluding carboxylic acids is 2. The van der Waals surface area contributed by atoms with Crippen molar-refractivity contribution in [1.82, 2.24) is 9.80 Å². The van der Waals surface area contributed by atoms with Crippen LogP contribution in [0, 0.1) is 0 Å². The highest BCUT2D eigenvalue weighted by molar-refractivity contribution is 7.90. The summed E-state index contributed by atoms with van der Waals surface area (Å²) in [4.78, 5) is 32.0. The quantitative estimate of drug-likeness (QED) is 0.612. The lowest BCUT2D eigenvalue weighted by Crippen LogP contribution is -2.55. The summed E-state index contributed by atoms with van der Waals surface area (Å²) in [5.41, 5.74) is 2.50. The number of piperazine rings is 1. The van der Waals surface area contributed by atoms with E-state index in [2.05, 4.69) is 4.90 Å². The van der Waals surface area contributed by atoms with Crippen molar-refractivity contribution in [3.63, 3.8) is 0 Å². The summed E-state index contributed by atoms with van der Waals surface area (Å²) in [6.07, 6.45) is 1.25. The standard InChI is InChI=1S/C24H29N3O5S/c1-32-20-9-7-19(8-10-20)25-12-14-26(15-13-25)24(29)22(11-16-33(2,30)31)27-17-18-5-3-4-6-21(18)23(27)28/h3-10,22H,11-17H2,1-2H3/t22-/m1/s1. The van der Waals surface area contributed by atoms with E-state index in [9.17, 15) is 18.0 Å². The molecule has 2 aliphatic rings. The van der Waals surface area contributed by atoms with Crippen molar-refractivity contribution >= 4 is 27.3 Å². The lowest BCUT2D eigenvalue weighted by Gasteiger charge is -2.39. The van der Waals surface area contributed by atoms with E-state index >= 15 is 0 Å². The maximum absolute atomic E-state index is 13.5. The molecule has 0 aromatic heterocycles. The highest BCUT2D eigenvalue weighted by Crippen LogP contribution is 2.27. The molecular formula is C24H29N3O5S. The Bertz CT molecular complexity index is 1130. The minimum Gasteiger partial charge on any atom is -0.497 e. The molecular weight excluding hydrogens is 442 g/mol. The number of amides is 2. The number of anilines is 1. The van der Waals surface area contributed by atoms with E-state index in [-0.39, 0.29) is 24.0 Å². The number of ether oxygens (including phenoxy) is 1. The molecule has 0 unspecified atom stereocenters. The van der Waals surface area contributed by atoms with E-state index in [1.807, 2.05) is 36.4 Å². The first-order chi connectivity index (χ1) is 15.8. The molecule has 0 spiro atoms. The van der Waals surface area contributed by atoms with Crippen LogP contribution in [-0.2, 0) is 21.2 Å². The molecule has 2 aliphatic heterocycles. The van der Waals surface area contributed by atoms with Gasteiger partial charge >= 0.3 is 0 Å². The van der Waals surface area contributed by atoms with Crippen LogP contribution in [0.3, 0.4) is 0 Å². The molecule has 1 atom stereocenters. The highest BCUT2D eigenvalue weighted by Gasteiger charge is 2.39. The number of methoxy groups -OCH3 is 1. The van der Waals surface area contributed by atoms with Crippen LogP contribution in [0.25, 0.3) is 0 Å². The fraction of sp³-hybridized carbons (Fsp3) is 0.417. The molecule has 2 aromatic rings. The molecule has 0 bridgehead atoms. The Balaban J connectivity index is 1.47. The van der Waals surface area contributed by atoms with Crippen molar-refractivity contribution < 1.29 is 22.7 Å². The number of rotatable bonds is 7. The molecule has 4 rings (SSSR count). The first-order valence-electron chi connectivity index (χ1n) is 11.0. The Morgan fingerprint density at radius 3 is 2.30 bits per heavy atom. The first-order valence-corrected chi connectivity index (χ1v) is 13.1. The summed E-state index contributed by atoms with van der Waals surface area (Å²) < 4.78 is 28.9. The Morgan fingerprint density at radius 2 is 1.70 bits per heavy atom. The normalized spacial score (nSPS) is 17.2. The van der Waals surface area contributed by atoms with Gasteiger partial charge in [0.15, 0.2) is 0 Å². The van der Waals surface area contributed by atoms with Gasteiger partial charge in [-0.25, -0.2) is 8.42 Å². The second kappa shape index (κ2) is 9.43. The second-order valence-corrected chi connectivity index (χ2v) is 10.8. The van der Waals surface area contributed by atoms with E-state index in [0.29, 0.717) is 38.3 Å². The van der Waals surface area contributed by atoms with Gasteiger partial charge in [-0.2, -0.15) is 0 Å². The molecule has 0 radical (unpaired) electrons. The zero-order valence-corrected chi connectivity index (χ0v) is 19.8. The fourth-order valence-electron chi connectivity index (χ4n) is 4.46. The summed E-state index contributed by atoms with van der Waals surface area (Å²) in [5.74, 6) is 0.246. The molecule has 0 saturated carbocycles. The molecule has 2 amide bonds. The van der Waals surface area contributed by atoms with E-state index < -0.39 is 15.9 Å². The average Bonchev–Trinajstić information content (AvgIpc) is 3.15. The van der Waals surface area contributed by atoms with Crippen LogP contribution in [0.1, 0.15) is 22.3 Å². The predicted molar refractivity (Wildman–Crippen MR) is 126 cm³/mol. The SMILES string of the molecule is COc1ccc(N2CCN(C(=O)[C@@H](CCS(C)(=O)=O)N3Cc4ccccc4C3=O)CC2)cc1. The molecule has 2 aromatic carbocycles. The molecule has 1 saturated heterocycles. The number of hydrogen-bond acceptors (Lipinski definition) is 6. The van der Waals surface area contributed by atoms with Crippen LogP contribution in [-0.4, -0.2) is 81.4 Å². The third-order valence-electron chi connectivity index (χ3n) is 6.30. The largest absolute Gasteiger partial charge is 0.497 e. The molecule has 9 heteroatoms. The van der Waals surface area contributed by atoms with Crippen molar-refractivity contribution in [2.75, 3.05) is 50.2 Å². The summed E-state index contributed by atoms with van der Waals surface area (Å²) >= 11 is 0. The Kier molecular flexibility index (Phi) is 6.60. The van der Waals surface area contributed by atoms with Gasteiger partial charge in [0, 0.05) is 50.2 Å². The highest BCUT2D eigenvalue weighted by atomic mass is 32.2. The van der Waals surface area contributed by atoms with E-state index in [1.54, 1.807) is 24.1 Å². The number of benzene rings is 2. The predicted octanol–water partition coefficient (Wildman–Crippen LogP) is 1.80. The Labute approximate surface area is 194 Å². The van der Waals surface area contributed by atoms with Crippen LogP contribution < -0.4 is 9.64 Å². The summed E-state index contributed by atoms with van der Waals surface area (Å²) in [6, 6.07) is 14.3. The third kappa shape index (κ3) is 5.13. The molecule has 176 valence electrons. The van der Waals surface area contributed by atoms with Crippen LogP contribution in [0.5, 0.6) is 5.75 Å². The van der Waals surface area contributed by atoms with E-state index in [0.717, 1.165) is 23.3 Å². The van der Waals surface area contributed by atoms with Crippen molar-refractivity contribution in [3.8, 4) is 5.75 Å². The van der Waals surface area contributed by atoms with Crippen LogP contribution >= 0.6 is 0 Å². The topological polar surface area (TPSA) is 87.2 Å². The number of nitrogens with zero attached hydrogens (tertiary/aromatic N) is 3. The van der Waals surface area contributed by atoms with Crippen LogP contribution in [0.4, 0.5) is 5.69 Å². The third-order valence-corrected chi connectivity index (χ3v) is 7.28. The summed E-state index contributed by atoms with van der Waals surface area (Å²) in [5, 5.41) is 0. The van der Waals surface area contributed by atoms with Crippen LogP contribution in [0.2, 0.25) is 0 Å². The lowest BCUT2D eigenvalue weighted by molar-refractivity contribution is -0.136. The number of carbonyl (C=O) groups is 2. The van der Waals surface area contributed by atoms with Gasteiger partial charge in [-0.3, -0.25) is 9.59 Å². The molecule has 2 heterocycles. The van der Waals surface area contributed by atoms with Crippen molar-refractivity contribution in [3.05, 3.63) is 59.7 Å². The van der Waals surface area contributed by atoms with Gasteiger partial charge < -0.3 is 19.4 Å². The van der Waals surface area contributed by atoms with Crippen molar-refractivity contribution in [1.29, 1.82) is 0 Å². The molecule has 0 N–H and O–H groups in total.